The first kappa shape index (κ1) is 14.3. The zero-order chi connectivity index (χ0) is 14.8. The third-order valence-electron chi connectivity index (χ3n) is 3.05. The van der Waals surface area contributed by atoms with Crippen LogP contribution in [0.15, 0.2) is 41.4 Å². The number of hydrogen-bond donors (Lipinski definition) is 1. The fourth-order valence-electron chi connectivity index (χ4n) is 2.11. The maximum absolute atomic E-state index is 12.9. The predicted octanol–water partition coefficient (Wildman–Crippen LogP) is 2.96. The maximum Gasteiger partial charge on any atom is 0.416 e. The summed E-state index contributed by atoms with van der Waals surface area (Å²) in [5.74, 6) is -2.06. The molecule has 0 aromatic heterocycles. The molecule has 0 amide bonds. The van der Waals surface area contributed by atoms with E-state index in [1.54, 1.807) is 6.08 Å². The van der Waals surface area contributed by atoms with Gasteiger partial charge >= 0.3 is 12.1 Å². The molecule has 0 bridgehead atoms. The van der Waals surface area contributed by atoms with Crippen molar-refractivity contribution in [3.8, 4) is 0 Å². The lowest BCUT2D eigenvalue weighted by Gasteiger charge is -2.18. The van der Waals surface area contributed by atoms with Crippen molar-refractivity contribution in [2.24, 2.45) is 10.9 Å². The van der Waals surface area contributed by atoms with Gasteiger partial charge in [0.25, 0.3) is 0 Å². The summed E-state index contributed by atoms with van der Waals surface area (Å²) in [6.07, 6.45) is -1.52. The van der Waals surface area contributed by atoms with E-state index < -0.39 is 23.6 Å². The molecule has 1 atom stereocenters. The van der Waals surface area contributed by atoms with Crippen LogP contribution in [0.1, 0.15) is 11.1 Å². The SMILES string of the molecule is O=C(O)C1C=CCN=C1Cc1ccccc1C(F)(F)F. The number of nitrogens with zero attached hydrogens (tertiary/aromatic N) is 1. The number of halogens is 3. The van der Waals surface area contributed by atoms with Crippen molar-refractivity contribution in [1.82, 2.24) is 0 Å². The van der Waals surface area contributed by atoms with Gasteiger partial charge in [0.05, 0.1) is 12.1 Å². The van der Waals surface area contributed by atoms with Gasteiger partial charge in [-0.1, -0.05) is 30.4 Å². The first-order chi connectivity index (χ1) is 9.39. The fourth-order valence-corrected chi connectivity index (χ4v) is 2.11. The van der Waals surface area contributed by atoms with E-state index in [-0.39, 0.29) is 17.7 Å². The Hall–Kier alpha value is -2.11. The van der Waals surface area contributed by atoms with E-state index in [1.807, 2.05) is 0 Å². The second-order valence-corrected chi connectivity index (χ2v) is 4.41. The average Bonchev–Trinajstić information content (AvgIpc) is 2.38. The summed E-state index contributed by atoms with van der Waals surface area (Å²) < 4.78 is 38.7. The van der Waals surface area contributed by atoms with E-state index in [2.05, 4.69) is 4.99 Å². The van der Waals surface area contributed by atoms with E-state index in [0.29, 0.717) is 6.54 Å². The number of rotatable bonds is 3. The zero-order valence-electron chi connectivity index (χ0n) is 10.4. The second kappa shape index (κ2) is 5.48. The lowest BCUT2D eigenvalue weighted by molar-refractivity contribution is -0.138. The molecule has 106 valence electrons. The Morgan fingerprint density at radius 3 is 2.70 bits per heavy atom. The molecule has 1 N–H and O–H groups in total. The molecule has 20 heavy (non-hydrogen) atoms. The standard InChI is InChI=1S/C14H12F3NO2/c15-14(16,17)11-6-2-1-4-9(11)8-12-10(13(19)20)5-3-7-18-12/h1-6,10H,7-8H2,(H,19,20). The Morgan fingerprint density at radius 2 is 2.05 bits per heavy atom. The summed E-state index contributed by atoms with van der Waals surface area (Å²) in [4.78, 5) is 15.1. The topological polar surface area (TPSA) is 49.7 Å². The minimum Gasteiger partial charge on any atom is -0.481 e. The van der Waals surface area contributed by atoms with Gasteiger partial charge in [-0.2, -0.15) is 13.2 Å². The highest BCUT2D eigenvalue weighted by Crippen LogP contribution is 2.32. The highest BCUT2D eigenvalue weighted by molar-refractivity contribution is 6.04. The van der Waals surface area contributed by atoms with Gasteiger partial charge < -0.3 is 5.11 Å². The van der Waals surface area contributed by atoms with E-state index in [1.165, 1.54) is 24.3 Å². The van der Waals surface area contributed by atoms with E-state index in [9.17, 15) is 18.0 Å². The minimum atomic E-state index is -4.46. The van der Waals surface area contributed by atoms with E-state index in [4.69, 9.17) is 5.11 Å². The van der Waals surface area contributed by atoms with Gasteiger partial charge in [-0.15, -0.1) is 0 Å². The Bertz CT molecular complexity index is 576. The molecule has 6 heteroatoms. The molecular weight excluding hydrogens is 271 g/mol. The lowest BCUT2D eigenvalue weighted by Crippen LogP contribution is -2.27. The zero-order valence-corrected chi connectivity index (χ0v) is 10.4. The molecule has 2 rings (SSSR count). The van der Waals surface area contributed by atoms with Gasteiger partial charge in [0.2, 0.25) is 0 Å². The molecule has 1 heterocycles. The third-order valence-corrected chi connectivity index (χ3v) is 3.05. The summed E-state index contributed by atoms with van der Waals surface area (Å²) in [7, 11) is 0. The van der Waals surface area contributed by atoms with Crippen molar-refractivity contribution in [2.75, 3.05) is 6.54 Å². The molecule has 1 aliphatic heterocycles. The van der Waals surface area contributed by atoms with Crippen LogP contribution in [0.5, 0.6) is 0 Å². The third kappa shape index (κ3) is 3.07. The van der Waals surface area contributed by atoms with Crippen LogP contribution in [0.25, 0.3) is 0 Å². The summed E-state index contributed by atoms with van der Waals surface area (Å²) in [5, 5.41) is 9.06. The van der Waals surface area contributed by atoms with Gasteiger partial charge in [0.1, 0.15) is 5.92 Å². The van der Waals surface area contributed by atoms with Crippen molar-refractivity contribution in [3.63, 3.8) is 0 Å². The molecule has 1 unspecified atom stereocenters. The molecule has 1 aromatic rings. The van der Waals surface area contributed by atoms with Crippen molar-refractivity contribution < 1.29 is 23.1 Å². The molecule has 0 saturated heterocycles. The van der Waals surface area contributed by atoms with Crippen molar-refractivity contribution >= 4 is 11.7 Å². The van der Waals surface area contributed by atoms with Crippen molar-refractivity contribution in [1.29, 1.82) is 0 Å². The lowest BCUT2D eigenvalue weighted by atomic mass is 9.92. The normalized spacial score (nSPS) is 18.8. The van der Waals surface area contributed by atoms with Crippen LogP contribution in [0.4, 0.5) is 13.2 Å². The van der Waals surface area contributed by atoms with Crippen LogP contribution >= 0.6 is 0 Å². The fraction of sp³-hybridized carbons (Fsp3) is 0.286. The van der Waals surface area contributed by atoms with Crippen molar-refractivity contribution in [3.05, 3.63) is 47.5 Å². The van der Waals surface area contributed by atoms with Crippen molar-refractivity contribution in [2.45, 2.75) is 12.6 Å². The van der Waals surface area contributed by atoms with Crippen LogP contribution in [0, 0.1) is 5.92 Å². The number of carboxylic acid groups (broad SMARTS) is 1. The number of dihydropyridines is 1. The summed E-state index contributed by atoms with van der Waals surface area (Å²) in [5.41, 5.74) is -0.460. The molecular formula is C14H12F3NO2. The molecule has 0 saturated carbocycles. The highest BCUT2D eigenvalue weighted by Gasteiger charge is 2.34. The number of aliphatic carboxylic acids is 1. The number of carboxylic acids is 1. The number of benzene rings is 1. The Labute approximate surface area is 113 Å². The number of alkyl halides is 3. The summed E-state index contributed by atoms with van der Waals surface area (Å²) >= 11 is 0. The van der Waals surface area contributed by atoms with E-state index >= 15 is 0 Å². The number of carbonyl (C=O) groups is 1. The Kier molecular flexibility index (Phi) is 3.92. The molecule has 3 nitrogen and oxygen atoms in total. The average molecular weight is 283 g/mol. The molecule has 0 fully saturated rings. The minimum absolute atomic E-state index is 0.0419. The molecule has 1 aromatic carbocycles. The molecule has 0 spiro atoms. The monoisotopic (exact) mass is 283 g/mol. The van der Waals surface area contributed by atoms with Crippen LogP contribution < -0.4 is 0 Å². The predicted molar refractivity (Wildman–Crippen MR) is 67.7 cm³/mol. The summed E-state index contributed by atoms with van der Waals surface area (Å²) in [6, 6.07) is 5.15. The maximum atomic E-state index is 12.9. The quantitative estimate of drug-likeness (QED) is 0.867. The van der Waals surface area contributed by atoms with Gasteiger partial charge in [0, 0.05) is 12.1 Å². The number of hydrogen-bond acceptors (Lipinski definition) is 2. The molecule has 0 aliphatic carbocycles. The van der Waals surface area contributed by atoms with E-state index in [0.717, 1.165) is 6.07 Å². The Balaban J connectivity index is 2.31. The smallest absolute Gasteiger partial charge is 0.416 e. The summed E-state index contributed by atoms with van der Waals surface area (Å²) in [6.45, 7) is 0.299. The first-order valence-corrected chi connectivity index (χ1v) is 5.97. The highest BCUT2D eigenvalue weighted by atomic mass is 19.4. The van der Waals surface area contributed by atoms with Gasteiger partial charge in [-0.3, -0.25) is 9.79 Å². The van der Waals surface area contributed by atoms with Crippen LogP contribution in [-0.2, 0) is 17.4 Å². The Morgan fingerprint density at radius 1 is 1.35 bits per heavy atom. The first-order valence-electron chi connectivity index (χ1n) is 5.97. The second-order valence-electron chi connectivity index (χ2n) is 4.41. The van der Waals surface area contributed by atoms with Gasteiger partial charge in [-0.25, -0.2) is 0 Å². The van der Waals surface area contributed by atoms with Crippen LogP contribution in [0.2, 0.25) is 0 Å². The van der Waals surface area contributed by atoms with Crippen LogP contribution in [0.3, 0.4) is 0 Å². The number of aliphatic imine (C=N–C) groups is 1. The molecule has 1 aliphatic rings. The van der Waals surface area contributed by atoms with Gasteiger partial charge in [0.15, 0.2) is 0 Å². The van der Waals surface area contributed by atoms with Crippen LogP contribution in [-0.4, -0.2) is 23.3 Å². The largest absolute Gasteiger partial charge is 0.481 e. The van der Waals surface area contributed by atoms with Gasteiger partial charge in [-0.05, 0) is 11.6 Å². The molecule has 0 radical (unpaired) electrons.